The van der Waals surface area contributed by atoms with E-state index < -0.39 is 5.41 Å². The van der Waals surface area contributed by atoms with E-state index in [1.54, 1.807) is 0 Å². The fraction of sp³-hybridized carbons (Fsp3) is 0.0222. The maximum Gasteiger partial charge on any atom is 0.159 e. The smallest absolute Gasteiger partial charge is 0.159 e. The van der Waals surface area contributed by atoms with Gasteiger partial charge in [-0.2, -0.15) is 0 Å². The van der Waals surface area contributed by atoms with Crippen LogP contribution in [0.5, 0.6) is 0 Å². The number of hydrogen-bond donors (Lipinski definition) is 0. The summed E-state index contributed by atoms with van der Waals surface area (Å²) in [7, 11) is 0. The van der Waals surface area contributed by atoms with Crippen LogP contribution in [0.15, 0.2) is 176 Å². The average Bonchev–Trinajstić information content (AvgIpc) is 3.46. The fourth-order valence-electron chi connectivity index (χ4n) is 8.16. The molecule has 8 aromatic rings. The zero-order valence-corrected chi connectivity index (χ0v) is 26.1. The summed E-state index contributed by atoms with van der Waals surface area (Å²) < 4.78 is 0. The lowest BCUT2D eigenvalue weighted by Gasteiger charge is -2.45. The Morgan fingerprint density at radius 2 is 1.02 bits per heavy atom. The normalized spacial score (nSPS) is 13.5. The zero-order chi connectivity index (χ0) is 31.7. The summed E-state index contributed by atoms with van der Waals surface area (Å²) >= 11 is 0. The van der Waals surface area contributed by atoms with Crippen LogP contribution in [0.4, 0.5) is 17.1 Å². The Morgan fingerprint density at radius 3 is 1.79 bits per heavy atom. The Bertz CT molecular complexity index is 2470. The van der Waals surface area contributed by atoms with Gasteiger partial charge >= 0.3 is 0 Å². The summed E-state index contributed by atoms with van der Waals surface area (Å²) in [6, 6.07) is 61.4. The minimum absolute atomic E-state index is 0.473. The maximum atomic E-state index is 4.85. The number of fused-ring (bicyclic) bond motifs is 10. The maximum absolute atomic E-state index is 4.85. The molecule has 0 fully saturated rings. The number of rotatable bonds is 3. The van der Waals surface area contributed by atoms with Gasteiger partial charge in [-0.3, -0.25) is 0 Å². The highest BCUT2D eigenvalue weighted by Gasteiger charge is 2.52. The van der Waals surface area contributed by atoms with Gasteiger partial charge in [0.1, 0.15) is 0 Å². The van der Waals surface area contributed by atoms with Crippen molar-refractivity contribution < 1.29 is 0 Å². The van der Waals surface area contributed by atoms with Gasteiger partial charge in [0, 0.05) is 22.8 Å². The van der Waals surface area contributed by atoms with Crippen LogP contribution < -0.4 is 4.90 Å². The SMILES string of the molecule is c1ccc(N2c3ccccc3C3(c4ccccc4-c4c(-c5ccc(-c6ncc7ccccc7n6)cc5)cccc43)c3ccccc32)cc1. The summed E-state index contributed by atoms with van der Waals surface area (Å²) in [5, 5.41) is 1.04. The summed E-state index contributed by atoms with van der Waals surface area (Å²) in [5.41, 5.74) is 15.2. The van der Waals surface area contributed by atoms with E-state index in [2.05, 4.69) is 155 Å². The summed E-state index contributed by atoms with van der Waals surface area (Å²) in [6.45, 7) is 0. The van der Waals surface area contributed by atoms with Gasteiger partial charge in [0.15, 0.2) is 5.82 Å². The third kappa shape index (κ3) is 3.70. The van der Waals surface area contributed by atoms with Crippen molar-refractivity contribution >= 4 is 28.0 Å². The third-order valence-corrected chi connectivity index (χ3v) is 10.1. The van der Waals surface area contributed by atoms with E-state index in [9.17, 15) is 0 Å². The molecule has 0 bridgehead atoms. The van der Waals surface area contributed by atoms with Crippen molar-refractivity contribution in [2.75, 3.05) is 4.90 Å². The summed E-state index contributed by atoms with van der Waals surface area (Å²) in [5.74, 6) is 0.737. The molecule has 224 valence electrons. The van der Waals surface area contributed by atoms with E-state index >= 15 is 0 Å². The Morgan fingerprint density at radius 1 is 0.438 bits per heavy atom. The lowest BCUT2D eigenvalue weighted by atomic mass is 9.64. The Kier molecular flexibility index (Phi) is 5.79. The van der Waals surface area contributed by atoms with E-state index in [-0.39, 0.29) is 0 Å². The third-order valence-electron chi connectivity index (χ3n) is 10.1. The average molecular weight is 612 g/mol. The first-order chi connectivity index (χ1) is 23.8. The second-order valence-corrected chi connectivity index (χ2v) is 12.6. The van der Waals surface area contributed by atoms with E-state index in [0.29, 0.717) is 0 Å². The van der Waals surface area contributed by atoms with Crippen molar-refractivity contribution in [3.8, 4) is 33.6 Å². The number of aromatic nitrogens is 2. The zero-order valence-electron chi connectivity index (χ0n) is 26.1. The molecule has 3 nitrogen and oxygen atoms in total. The number of hydrogen-bond acceptors (Lipinski definition) is 3. The second kappa shape index (κ2) is 10.3. The predicted octanol–water partition coefficient (Wildman–Crippen LogP) is 11.1. The van der Waals surface area contributed by atoms with Crippen LogP contribution in [0.2, 0.25) is 0 Å². The lowest BCUT2D eigenvalue weighted by molar-refractivity contribution is 0.753. The van der Waals surface area contributed by atoms with E-state index in [4.69, 9.17) is 4.98 Å². The van der Waals surface area contributed by atoms with Crippen LogP contribution in [0.1, 0.15) is 22.3 Å². The first-order valence-electron chi connectivity index (χ1n) is 16.4. The molecule has 7 aromatic carbocycles. The van der Waals surface area contributed by atoms with Crippen LogP contribution in [0.25, 0.3) is 44.5 Å². The molecular weight excluding hydrogens is 583 g/mol. The predicted molar refractivity (Wildman–Crippen MR) is 196 cm³/mol. The molecular formula is C45H29N3. The minimum Gasteiger partial charge on any atom is -0.310 e. The highest BCUT2D eigenvalue weighted by molar-refractivity contribution is 6.00. The van der Waals surface area contributed by atoms with E-state index in [1.807, 2.05) is 30.5 Å². The number of nitrogens with zero attached hydrogens (tertiary/aromatic N) is 3. The molecule has 3 heteroatoms. The Hall–Kier alpha value is -6.32. The van der Waals surface area contributed by atoms with Crippen molar-refractivity contribution in [2.45, 2.75) is 5.41 Å². The van der Waals surface area contributed by atoms with Crippen LogP contribution in [0.3, 0.4) is 0 Å². The summed E-state index contributed by atoms with van der Waals surface area (Å²) in [6.07, 6.45) is 1.91. The van der Waals surface area contributed by atoms with Crippen molar-refractivity contribution in [1.82, 2.24) is 9.97 Å². The monoisotopic (exact) mass is 611 g/mol. The fourth-order valence-corrected chi connectivity index (χ4v) is 8.16. The molecule has 0 radical (unpaired) electrons. The summed E-state index contributed by atoms with van der Waals surface area (Å²) in [4.78, 5) is 12.0. The Balaban J connectivity index is 1.20. The highest BCUT2D eigenvalue weighted by atomic mass is 15.2. The molecule has 0 amide bonds. The van der Waals surface area contributed by atoms with Gasteiger partial charge < -0.3 is 4.90 Å². The molecule has 48 heavy (non-hydrogen) atoms. The van der Waals surface area contributed by atoms with Crippen LogP contribution >= 0.6 is 0 Å². The molecule has 0 N–H and O–H groups in total. The molecule has 1 aromatic heterocycles. The molecule has 2 heterocycles. The van der Waals surface area contributed by atoms with Crippen LogP contribution in [0, 0.1) is 0 Å². The van der Waals surface area contributed by atoms with Gasteiger partial charge in [0.2, 0.25) is 0 Å². The first-order valence-corrected chi connectivity index (χ1v) is 16.4. The first kappa shape index (κ1) is 26.9. The topological polar surface area (TPSA) is 29.0 Å². The van der Waals surface area contributed by atoms with Crippen molar-refractivity contribution in [1.29, 1.82) is 0 Å². The Labute approximate surface area is 279 Å². The molecule has 0 saturated carbocycles. The lowest BCUT2D eigenvalue weighted by Crippen LogP contribution is -2.36. The highest BCUT2D eigenvalue weighted by Crippen LogP contribution is 2.64. The van der Waals surface area contributed by atoms with Gasteiger partial charge in [0.25, 0.3) is 0 Å². The molecule has 2 aliphatic rings. The standard InChI is InChI=1S/C45H29N3/c1-2-14-33(15-3-1)48-41-23-10-7-19-37(41)45(38-20-8-11-24-42(38)48)36-18-6-5-16-35(36)43-34(17-12-21-39(43)45)30-25-27-31(28-26-30)44-46-29-32-13-4-9-22-40(32)47-44/h1-29H. The number of para-hydroxylation sites is 4. The largest absolute Gasteiger partial charge is 0.310 e. The van der Waals surface area contributed by atoms with Gasteiger partial charge in [-0.05, 0) is 74.8 Å². The van der Waals surface area contributed by atoms with Crippen molar-refractivity contribution in [3.05, 3.63) is 198 Å². The molecule has 1 aliphatic carbocycles. The van der Waals surface area contributed by atoms with Gasteiger partial charge in [-0.25, -0.2) is 9.97 Å². The van der Waals surface area contributed by atoms with Crippen molar-refractivity contribution in [2.24, 2.45) is 0 Å². The van der Waals surface area contributed by atoms with E-state index in [1.165, 1.54) is 55.9 Å². The van der Waals surface area contributed by atoms with Gasteiger partial charge in [0.05, 0.1) is 22.3 Å². The number of anilines is 3. The molecule has 0 atom stereocenters. The second-order valence-electron chi connectivity index (χ2n) is 12.6. The molecule has 0 saturated heterocycles. The van der Waals surface area contributed by atoms with Gasteiger partial charge in [-0.15, -0.1) is 0 Å². The quantitative estimate of drug-likeness (QED) is 0.199. The molecule has 1 spiro atoms. The van der Waals surface area contributed by atoms with Crippen LogP contribution in [-0.4, -0.2) is 9.97 Å². The number of benzene rings is 7. The van der Waals surface area contributed by atoms with Crippen molar-refractivity contribution in [3.63, 3.8) is 0 Å². The van der Waals surface area contributed by atoms with E-state index in [0.717, 1.165) is 28.0 Å². The minimum atomic E-state index is -0.473. The van der Waals surface area contributed by atoms with Gasteiger partial charge in [-0.1, -0.05) is 140 Å². The van der Waals surface area contributed by atoms with Crippen LogP contribution in [-0.2, 0) is 5.41 Å². The molecule has 1 aliphatic heterocycles. The molecule has 0 unspecified atom stereocenters. The molecule has 10 rings (SSSR count).